The van der Waals surface area contributed by atoms with Gasteiger partial charge < -0.3 is 0 Å². The molecule has 0 aliphatic carbocycles. The van der Waals surface area contributed by atoms with Crippen LogP contribution in [-0.2, 0) is 6.42 Å². The van der Waals surface area contributed by atoms with Crippen LogP contribution in [0, 0.1) is 6.07 Å². The van der Waals surface area contributed by atoms with E-state index in [0.717, 1.165) is 13.0 Å². The van der Waals surface area contributed by atoms with Crippen LogP contribution in [0.5, 0.6) is 0 Å². The lowest BCUT2D eigenvalue weighted by Crippen LogP contribution is -1.85. The molecule has 0 saturated heterocycles. The summed E-state index contributed by atoms with van der Waals surface area (Å²) in [7, 11) is 0. The van der Waals surface area contributed by atoms with Crippen LogP contribution in [0.1, 0.15) is 5.56 Å². The molecule has 2 heteroatoms. The Balaban J connectivity index is 2.34. The number of benzene rings is 1. The number of halogens is 1. The molecule has 0 N–H and O–H groups in total. The first kappa shape index (κ1) is 9.09. The van der Waals surface area contributed by atoms with Crippen LogP contribution >= 0.6 is 11.6 Å². The number of nitrogens with zero attached hydrogens (tertiary/aromatic N) is 1. The first-order valence-electron chi connectivity index (χ1n) is 3.92. The number of hydrogen-bond donors (Lipinski definition) is 0. The Labute approximate surface area is 77.8 Å². The molecule has 1 nitrogen and oxygen atoms in total. The van der Waals surface area contributed by atoms with E-state index in [2.05, 4.69) is 23.0 Å². The van der Waals surface area contributed by atoms with Crippen molar-refractivity contribution in [3.63, 3.8) is 0 Å². The summed E-state index contributed by atoms with van der Waals surface area (Å²) in [6.45, 7) is 0.775. The summed E-state index contributed by atoms with van der Waals surface area (Å²) in [6, 6.07) is 13.0. The van der Waals surface area contributed by atoms with Crippen LogP contribution in [0.15, 0.2) is 30.3 Å². The minimum Gasteiger partial charge on any atom is -0.105 e. The third-order valence-corrected chi connectivity index (χ3v) is 1.65. The fourth-order valence-electron chi connectivity index (χ4n) is 0.951. The van der Waals surface area contributed by atoms with Crippen LogP contribution < -0.4 is 0 Å². The molecular weight excluding hydrogens is 170 g/mol. The molecule has 1 aromatic rings. The lowest BCUT2D eigenvalue weighted by atomic mass is 10.2. The van der Waals surface area contributed by atoms with Gasteiger partial charge in [0.15, 0.2) is 5.88 Å². The lowest BCUT2D eigenvalue weighted by molar-refractivity contribution is 1.08. The predicted octanol–water partition coefficient (Wildman–Crippen LogP) is 2.80. The van der Waals surface area contributed by atoms with Gasteiger partial charge in [-0.3, -0.25) is 0 Å². The molecule has 0 radical (unpaired) electrons. The second kappa shape index (κ2) is 5.62. The SMILES string of the molecule is ClCC#[N+]CCc1ccccc1. The minimum absolute atomic E-state index is 0.384. The van der Waals surface area contributed by atoms with Crippen molar-refractivity contribution in [1.29, 1.82) is 0 Å². The van der Waals surface area contributed by atoms with Crippen LogP contribution in [-0.4, -0.2) is 12.4 Å². The van der Waals surface area contributed by atoms with Gasteiger partial charge in [0.1, 0.15) is 0 Å². The van der Waals surface area contributed by atoms with E-state index in [1.165, 1.54) is 5.56 Å². The van der Waals surface area contributed by atoms with E-state index in [1.54, 1.807) is 0 Å². The molecule has 1 rings (SSSR count). The normalized spacial score (nSPS) is 8.75. The maximum Gasteiger partial charge on any atom is 0.289 e. The summed E-state index contributed by atoms with van der Waals surface area (Å²) in [5.41, 5.74) is 1.30. The maximum absolute atomic E-state index is 5.38. The molecule has 0 heterocycles. The number of alkyl halides is 1. The quantitative estimate of drug-likeness (QED) is 0.617. The molecule has 0 bridgehead atoms. The molecule has 0 saturated carbocycles. The highest BCUT2D eigenvalue weighted by Gasteiger charge is 1.94. The first-order valence-corrected chi connectivity index (χ1v) is 4.46. The monoisotopic (exact) mass is 180 g/mol. The van der Waals surface area contributed by atoms with Gasteiger partial charge in [-0.05, 0) is 5.56 Å². The van der Waals surface area contributed by atoms with E-state index in [4.69, 9.17) is 11.6 Å². The second-order valence-corrected chi connectivity index (χ2v) is 2.68. The van der Waals surface area contributed by atoms with Crippen molar-refractivity contribution in [2.24, 2.45) is 0 Å². The Morgan fingerprint density at radius 3 is 2.67 bits per heavy atom. The smallest absolute Gasteiger partial charge is 0.105 e. The van der Waals surface area contributed by atoms with Crippen LogP contribution in [0.25, 0.3) is 4.85 Å². The maximum atomic E-state index is 5.38. The van der Waals surface area contributed by atoms with E-state index < -0.39 is 0 Å². The Morgan fingerprint density at radius 2 is 2.00 bits per heavy atom. The highest BCUT2D eigenvalue weighted by atomic mass is 35.5. The van der Waals surface area contributed by atoms with Gasteiger partial charge >= 0.3 is 0 Å². The summed E-state index contributed by atoms with van der Waals surface area (Å²) in [4.78, 5) is 4.00. The van der Waals surface area contributed by atoms with Crippen molar-refractivity contribution in [3.8, 4) is 6.07 Å². The topological polar surface area (TPSA) is 4.36 Å². The van der Waals surface area contributed by atoms with Crippen molar-refractivity contribution in [2.45, 2.75) is 6.42 Å². The molecule has 0 amide bonds. The summed E-state index contributed by atoms with van der Waals surface area (Å²) in [6.07, 6.45) is 0.963. The molecule has 0 fully saturated rings. The summed E-state index contributed by atoms with van der Waals surface area (Å²) in [5, 5.41) is 0. The molecule has 0 aliphatic heterocycles. The van der Waals surface area contributed by atoms with E-state index in [1.807, 2.05) is 18.2 Å². The van der Waals surface area contributed by atoms with E-state index in [-0.39, 0.29) is 0 Å². The van der Waals surface area contributed by atoms with Gasteiger partial charge in [-0.25, -0.2) is 0 Å². The molecule has 62 valence electrons. The van der Waals surface area contributed by atoms with Gasteiger partial charge in [0, 0.05) is 6.42 Å². The summed E-state index contributed by atoms with van der Waals surface area (Å²) < 4.78 is 0. The van der Waals surface area contributed by atoms with Gasteiger partial charge in [-0.15, -0.1) is 11.6 Å². The van der Waals surface area contributed by atoms with Crippen LogP contribution in [0.2, 0.25) is 0 Å². The predicted molar refractivity (Wildman–Crippen MR) is 53.0 cm³/mol. The standard InChI is InChI=1S/C10H11ClN/c11-7-9-12-8-6-10-4-2-1-3-5-10/h1-5H,6-8H2/q+1. The Hall–Kier alpha value is -1.00. The van der Waals surface area contributed by atoms with Gasteiger partial charge in [-0.1, -0.05) is 35.2 Å². The van der Waals surface area contributed by atoms with Gasteiger partial charge in [0.05, 0.1) is 0 Å². The number of hydrogen-bond acceptors (Lipinski definition) is 0. The van der Waals surface area contributed by atoms with E-state index in [0.29, 0.717) is 5.88 Å². The van der Waals surface area contributed by atoms with Crippen molar-refractivity contribution in [2.75, 3.05) is 12.4 Å². The van der Waals surface area contributed by atoms with Crippen molar-refractivity contribution in [1.82, 2.24) is 0 Å². The highest BCUT2D eigenvalue weighted by Crippen LogP contribution is 1.98. The molecule has 0 spiro atoms. The molecule has 0 unspecified atom stereocenters. The molecular formula is C10H11ClN+. The fraction of sp³-hybridized carbons (Fsp3) is 0.300. The Kier molecular flexibility index (Phi) is 4.26. The fourth-order valence-corrected chi connectivity index (χ4v) is 1.04. The largest absolute Gasteiger partial charge is 0.289 e. The number of rotatable bonds is 2. The second-order valence-electron chi connectivity index (χ2n) is 2.41. The van der Waals surface area contributed by atoms with Gasteiger partial charge in [-0.2, -0.15) is 0 Å². The molecule has 1 aromatic carbocycles. The summed E-state index contributed by atoms with van der Waals surface area (Å²) >= 11 is 5.38. The zero-order chi connectivity index (χ0) is 8.65. The zero-order valence-electron chi connectivity index (χ0n) is 6.83. The average Bonchev–Trinajstić information content (AvgIpc) is 2.14. The lowest BCUT2D eigenvalue weighted by Gasteiger charge is -1.89. The van der Waals surface area contributed by atoms with Crippen molar-refractivity contribution < 1.29 is 0 Å². The van der Waals surface area contributed by atoms with Gasteiger partial charge in [0.2, 0.25) is 0 Å². The minimum atomic E-state index is 0.384. The summed E-state index contributed by atoms with van der Waals surface area (Å²) in [5.74, 6) is 0.384. The molecule has 0 aliphatic rings. The zero-order valence-corrected chi connectivity index (χ0v) is 7.59. The molecule has 12 heavy (non-hydrogen) atoms. The average molecular weight is 181 g/mol. The van der Waals surface area contributed by atoms with Crippen LogP contribution in [0.3, 0.4) is 0 Å². The van der Waals surface area contributed by atoms with Crippen molar-refractivity contribution in [3.05, 3.63) is 40.7 Å². The van der Waals surface area contributed by atoms with Crippen LogP contribution in [0.4, 0.5) is 0 Å². The Morgan fingerprint density at radius 1 is 1.25 bits per heavy atom. The van der Waals surface area contributed by atoms with E-state index >= 15 is 0 Å². The molecule has 0 aromatic heterocycles. The third kappa shape index (κ3) is 3.41. The third-order valence-electron chi connectivity index (χ3n) is 1.53. The Bertz CT molecular complexity index is 271. The first-order chi connectivity index (χ1) is 5.93. The van der Waals surface area contributed by atoms with Gasteiger partial charge in [0.25, 0.3) is 12.6 Å². The molecule has 0 atom stereocenters. The van der Waals surface area contributed by atoms with E-state index in [9.17, 15) is 0 Å². The van der Waals surface area contributed by atoms with Crippen molar-refractivity contribution >= 4 is 11.6 Å². The highest BCUT2D eigenvalue weighted by molar-refractivity contribution is 6.19.